The lowest BCUT2D eigenvalue weighted by Crippen LogP contribution is -2.30. The molecule has 0 aromatic heterocycles. The lowest BCUT2D eigenvalue weighted by molar-refractivity contribution is -0.161. The summed E-state index contributed by atoms with van der Waals surface area (Å²) in [5, 5.41) is 10.6. The number of phosphoric acid groups is 2. The molecule has 0 spiro atoms. The maximum absolute atomic E-state index is 13.1. The standard InChI is InChI=1S/C73H142O17P2/c1-7-9-11-13-15-17-18-19-20-23-26-29-33-37-44-50-56-71(76)84-61-68(89-72(77)57-51-45-38-34-30-27-24-21-22-25-28-32-35-41-47-53-65(3)4)63-87-91(79,80)85-59-67(74)60-86-92(81,82)88-64-69(90-73(78)58-52-46-40-39-42-48-54-66(5)6)62-83-70(75)55-49-43-36-31-16-14-12-10-8-2/h65-69,74H,7-64H2,1-6H3,(H,79,80)(H,81,82)/t67-,68-,69-/m1/s1. The predicted octanol–water partition coefficient (Wildman–Crippen LogP) is 21.2. The first kappa shape index (κ1) is 90.1. The maximum atomic E-state index is 13.1. The van der Waals surface area contributed by atoms with Crippen LogP contribution < -0.4 is 0 Å². The Labute approximate surface area is 562 Å². The van der Waals surface area contributed by atoms with Gasteiger partial charge in [-0.05, 0) is 37.5 Å². The summed E-state index contributed by atoms with van der Waals surface area (Å²) in [4.78, 5) is 72.6. The van der Waals surface area contributed by atoms with Crippen LogP contribution >= 0.6 is 15.6 Å². The third-order valence-electron chi connectivity index (χ3n) is 17.0. The van der Waals surface area contributed by atoms with E-state index in [9.17, 15) is 43.2 Å². The predicted molar refractivity (Wildman–Crippen MR) is 372 cm³/mol. The van der Waals surface area contributed by atoms with Gasteiger partial charge in [-0.2, -0.15) is 0 Å². The Morgan fingerprint density at radius 3 is 0.739 bits per heavy atom. The van der Waals surface area contributed by atoms with Crippen molar-refractivity contribution in [1.82, 2.24) is 0 Å². The fraction of sp³-hybridized carbons (Fsp3) is 0.945. The normalized spacial score (nSPS) is 14.1. The van der Waals surface area contributed by atoms with Crippen molar-refractivity contribution in [2.45, 2.75) is 394 Å². The Morgan fingerprint density at radius 2 is 0.500 bits per heavy atom. The molecule has 17 nitrogen and oxygen atoms in total. The van der Waals surface area contributed by atoms with Crippen LogP contribution in [-0.2, 0) is 65.4 Å². The van der Waals surface area contributed by atoms with Gasteiger partial charge in [-0.25, -0.2) is 9.13 Å². The first-order valence-corrected chi connectivity index (χ1v) is 41.0. The van der Waals surface area contributed by atoms with E-state index < -0.39 is 97.5 Å². The smallest absolute Gasteiger partial charge is 0.462 e. The van der Waals surface area contributed by atoms with Gasteiger partial charge in [-0.15, -0.1) is 0 Å². The zero-order valence-electron chi connectivity index (χ0n) is 59.9. The van der Waals surface area contributed by atoms with Crippen LogP contribution in [0, 0.1) is 11.8 Å². The molecule has 0 aliphatic rings. The largest absolute Gasteiger partial charge is 0.472 e. The number of hydrogen-bond acceptors (Lipinski definition) is 15. The fourth-order valence-corrected chi connectivity index (χ4v) is 12.7. The molecule has 0 saturated heterocycles. The minimum Gasteiger partial charge on any atom is -0.462 e. The minimum absolute atomic E-state index is 0.102. The molecule has 0 amide bonds. The summed E-state index contributed by atoms with van der Waals surface area (Å²) in [6.07, 6.45) is 51.6. The molecule has 546 valence electrons. The van der Waals surface area contributed by atoms with E-state index in [1.54, 1.807) is 0 Å². The van der Waals surface area contributed by atoms with Gasteiger partial charge in [0.05, 0.1) is 26.4 Å². The van der Waals surface area contributed by atoms with Crippen molar-refractivity contribution in [3.05, 3.63) is 0 Å². The molecule has 0 aliphatic heterocycles. The van der Waals surface area contributed by atoms with Crippen LogP contribution in [0.15, 0.2) is 0 Å². The Morgan fingerprint density at radius 1 is 0.293 bits per heavy atom. The summed E-state index contributed by atoms with van der Waals surface area (Å²) in [7, 11) is -9.90. The first-order chi connectivity index (χ1) is 44.4. The number of hydrogen-bond donors (Lipinski definition) is 3. The maximum Gasteiger partial charge on any atom is 0.472 e. The molecule has 3 N–H and O–H groups in total. The number of aliphatic hydroxyl groups is 1. The molecule has 0 fully saturated rings. The number of phosphoric ester groups is 2. The Bertz CT molecular complexity index is 1790. The molecule has 0 aromatic rings. The summed E-state index contributed by atoms with van der Waals surface area (Å²) in [6, 6.07) is 0. The fourth-order valence-electron chi connectivity index (χ4n) is 11.1. The number of esters is 4. The molecule has 2 unspecified atom stereocenters. The van der Waals surface area contributed by atoms with Crippen LogP contribution in [0.25, 0.3) is 0 Å². The van der Waals surface area contributed by atoms with Gasteiger partial charge in [0, 0.05) is 25.7 Å². The van der Waals surface area contributed by atoms with Crippen LogP contribution in [0.5, 0.6) is 0 Å². The summed E-state index contributed by atoms with van der Waals surface area (Å²) < 4.78 is 68.3. The molecule has 92 heavy (non-hydrogen) atoms. The number of rotatable bonds is 72. The third-order valence-corrected chi connectivity index (χ3v) is 18.9. The highest BCUT2D eigenvalue weighted by atomic mass is 31.2. The van der Waals surface area contributed by atoms with Crippen molar-refractivity contribution in [2.24, 2.45) is 11.8 Å². The van der Waals surface area contributed by atoms with E-state index in [0.717, 1.165) is 95.8 Å². The van der Waals surface area contributed by atoms with Gasteiger partial charge in [0.1, 0.15) is 19.3 Å². The molecule has 0 saturated carbocycles. The lowest BCUT2D eigenvalue weighted by atomic mass is 10.0. The highest BCUT2D eigenvalue weighted by molar-refractivity contribution is 7.47. The molecule has 0 aliphatic carbocycles. The highest BCUT2D eigenvalue weighted by Gasteiger charge is 2.30. The van der Waals surface area contributed by atoms with Crippen LogP contribution in [0.2, 0.25) is 0 Å². The van der Waals surface area contributed by atoms with E-state index in [1.807, 2.05) is 0 Å². The van der Waals surface area contributed by atoms with E-state index in [0.29, 0.717) is 31.6 Å². The molecule has 19 heteroatoms. The number of carbonyl (C=O) groups is 4. The Hall–Kier alpha value is -1.94. The van der Waals surface area contributed by atoms with E-state index in [2.05, 4.69) is 41.5 Å². The Balaban J connectivity index is 5.20. The zero-order valence-corrected chi connectivity index (χ0v) is 61.6. The molecule has 0 heterocycles. The number of aliphatic hydroxyl groups excluding tert-OH is 1. The van der Waals surface area contributed by atoms with Crippen LogP contribution in [0.3, 0.4) is 0 Å². The van der Waals surface area contributed by atoms with E-state index in [-0.39, 0.29) is 25.7 Å². The average Bonchev–Trinajstić information content (AvgIpc) is 1.94. The molecule has 0 radical (unpaired) electrons. The quantitative estimate of drug-likeness (QED) is 0.0222. The van der Waals surface area contributed by atoms with E-state index in [4.69, 9.17) is 37.0 Å². The van der Waals surface area contributed by atoms with Gasteiger partial charge < -0.3 is 33.8 Å². The second-order valence-electron chi connectivity index (χ2n) is 27.3. The van der Waals surface area contributed by atoms with Crippen molar-refractivity contribution in [3.63, 3.8) is 0 Å². The van der Waals surface area contributed by atoms with Gasteiger partial charge in [0.25, 0.3) is 0 Å². The van der Waals surface area contributed by atoms with E-state index >= 15 is 0 Å². The molecule has 5 atom stereocenters. The third kappa shape index (κ3) is 66.7. The zero-order chi connectivity index (χ0) is 67.9. The van der Waals surface area contributed by atoms with Crippen molar-refractivity contribution in [1.29, 1.82) is 0 Å². The number of carbonyl (C=O) groups excluding carboxylic acids is 4. The van der Waals surface area contributed by atoms with E-state index in [1.165, 1.54) is 193 Å². The highest BCUT2D eigenvalue weighted by Crippen LogP contribution is 2.45. The summed E-state index contributed by atoms with van der Waals surface area (Å²) in [5.74, 6) is -0.653. The van der Waals surface area contributed by atoms with Crippen molar-refractivity contribution in [3.8, 4) is 0 Å². The monoisotopic (exact) mass is 1350 g/mol. The molecule has 0 aromatic carbocycles. The average molecular weight is 1350 g/mol. The number of ether oxygens (including phenoxy) is 4. The molecular formula is C73H142O17P2. The minimum atomic E-state index is -4.95. The second-order valence-corrected chi connectivity index (χ2v) is 30.2. The van der Waals surface area contributed by atoms with Gasteiger partial charge in [0.15, 0.2) is 12.2 Å². The van der Waals surface area contributed by atoms with Crippen molar-refractivity contribution < 1.29 is 80.2 Å². The van der Waals surface area contributed by atoms with Crippen molar-refractivity contribution in [2.75, 3.05) is 39.6 Å². The van der Waals surface area contributed by atoms with Crippen LogP contribution in [0.1, 0.15) is 375 Å². The van der Waals surface area contributed by atoms with Gasteiger partial charge in [0.2, 0.25) is 0 Å². The summed E-state index contributed by atoms with van der Waals surface area (Å²) in [5.41, 5.74) is 0. The first-order valence-electron chi connectivity index (χ1n) is 38.0. The topological polar surface area (TPSA) is 237 Å². The van der Waals surface area contributed by atoms with Gasteiger partial charge in [-0.3, -0.25) is 37.3 Å². The summed E-state index contributed by atoms with van der Waals surface area (Å²) >= 11 is 0. The van der Waals surface area contributed by atoms with Crippen molar-refractivity contribution >= 4 is 39.5 Å². The second kappa shape index (κ2) is 65.0. The lowest BCUT2D eigenvalue weighted by Gasteiger charge is -2.21. The molecule has 0 rings (SSSR count). The molecule has 0 bridgehead atoms. The van der Waals surface area contributed by atoms with Crippen LogP contribution in [0.4, 0.5) is 0 Å². The summed E-state index contributed by atoms with van der Waals surface area (Å²) in [6.45, 7) is 9.49. The van der Waals surface area contributed by atoms with Gasteiger partial charge in [-0.1, -0.05) is 324 Å². The van der Waals surface area contributed by atoms with Crippen LogP contribution in [-0.4, -0.2) is 96.7 Å². The number of unbranched alkanes of at least 4 members (excludes halogenated alkanes) is 42. The Kier molecular flexibility index (Phi) is 63.7. The SMILES string of the molecule is CCCCCCCCCCCCCCCCCCC(=O)OC[C@H](COP(=O)(O)OC[C@@H](O)COP(=O)(O)OC[C@@H](COC(=O)CCCCCCCCCCC)OC(=O)CCCCCCCCC(C)C)OC(=O)CCCCCCCCCCCCCCCCCC(C)C. The van der Waals surface area contributed by atoms with Gasteiger partial charge >= 0.3 is 39.5 Å². The molecular weight excluding hydrogens is 1210 g/mol.